The van der Waals surface area contributed by atoms with Crippen molar-refractivity contribution in [2.45, 2.75) is 0 Å². The summed E-state index contributed by atoms with van der Waals surface area (Å²) in [7, 11) is 0. The maximum atomic E-state index is 13.0. The average Bonchev–Trinajstić information content (AvgIpc) is 2.10. The van der Waals surface area contributed by atoms with Crippen molar-refractivity contribution < 1.29 is 4.39 Å². The van der Waals surface area contributed by atoms with Gasteiger partial charge in [-0.1, -0.05) is 35.4 Å². The van der Waals surface area contributed by atoms with Crippen molar-refractivity contribution in [1.29, 1.82) is 0 Å². The minimum absolute atomic E-state index is 0.0512. The predicted molar refractivity (Wildman–Crippen MR) is 56.2 cm³/mol. The predicted octanol–water partition coefficient (Wildman–Crippen LogP) is 4.38. The Morgan fingerprint density at radius 2 is 2.00 bits per heavy atom. The summed E-state index contributed by atoms with van der Waals surface area (Å²) in [5.74, 6) is -0.148. The maximum Gasteiger partial charge on any atom is 0.143 e. The maximum absolute atomic E-state index is 13.0. The number of allylic oxidation sites excluding steroid dienone is 1. The molecule has 0 spiro atoms. The number of hydrogen-bond acceptors (Lipinski definition) is 0. The standard InChI is InChI=1S/C9H6Cl3F/c10-3-1-2-6-4-7(11)9(12)8(13)5-6/h1-2,4-5H,3H2. The van der Waals surface area contributed by atoms with Crippen LogP contribution in [0.3, 0.4) is 0 Å². The van der Waals surface area contributed by atoms with E-state index in [-0.39, 0.29) is 10.0 Å². The van der Waals surface area contributed by atoms with Gasteiger partial charge in [0, 0.05) is 5.88 Å². The number of alkyl halides is 1. The van der Waals surface area contributed by atoms with Gasteiger partial charge in [-0.3, -0.25) is 0 Å². The fourth-order valence-corrected chi connectivity index (χ4v) is 1.27. The van der Waals surface area contributed by atoms with Gasteiger partial charge in [0.2, 0.25) is 0 Å². The Bertz CT molecular complexity index is 311. The fraction of sp³-hybridized carbons (Fsp3) is 0.111. The Hall–Kier alpha value is -0.240. The third-order valence-corrected chi connectivity index (χ3v) is 2.36. The van der Waals surface area contributed by atoms with E-state index < -0.39 is 5.82 Å². The molecule has 0 radical (unpaired) electrons. The molecule has 0 saturated carbocycles. The van der Waals surface area contributed by atoms with Crippen molar-refractivity contribution in [3.8, 4) is 0 Å². The molecule has 1 aromatic rings. The van der Waals surface area contributed by atoms with Crippen LogP contribution in [0.1, 0.15) is 5.56 Å². The van der Waals surface area contributed by atoms with E-state index in [0.717, 1.165) is 0 Å². The lowest BCUT2D eigenvalue weighted by Crippen LogP contribution is -1.81. The molecule has 1 aromatic carbocycles. The molecule has 70 valence electrons. The molecule has 0 fully saturated rings. The van der Waals surface area contributed by atoms with Gasteiger partial charge in [-0.2, -0.15) is 0 Å². The normalized spacial score (nSPS) is 11.1. The lowest BCUT2D eigenvalue weighted by molar-refractivity contribution is 0.628. The van der Waals surface area contributed by atoms with Crippen LogP contribution < -0.4 is 0 Å². The van der Waals surface area contributed by atoms with Gasteiger partial charge in [-0.05, 0) is 17.7 Å². The van der Waals surface area contributed by atoms with Crippen LogP contribution in [0.25, 0.3) is 6.08 Å². The van der Waals surface area contributed by atoms with E-state index in [1.807, 2.05) is 0 Å². The van der Waals surface area contributed by atoms with Crippen molar-refractivity contribution in [1.82, 2.24) is 0 Å². The second-order valence-corrected chi connectivity index (χ2v) is 3.45. The summed E-state index contributed by atoms with van der Waals surface area (Å²) < 4.78 is 13.0. The van der Waals surface area contributed by atoms with Crippen molar-refractivity contribution >= 4 is 40.9 Å². The lowest BCUT2D eigenvalue weighted by Gasteiger charge is -1.99. The minimum Gasteiger partial charge on any atom is -0.205 e. The molecule has 4 heteroatoms. The van der Waals surface area contributed by atoms with Gasteiger partial charge in [0.15, 0.2) is 0 Å². The Morgan fingerprint density at radius 3 is 2.54 bits per heavy atom. The fourth-order valence-electron chi connectivity index (χ4n) is 0.852. The van der Waals surface area contributed by atoms with Crippen LogP contribution in [0.4, 0.5) is 4.39 Å². The Labute approximate surface area is 90.9 Å². The zero-order valence-corrected chi connectivity index (χ0v) is 8.80. The highest BCUT2D eigenvalue weighted by Crippen LogP contribution is 2.26. The molecule has 0 aliphatic carbocycles. The lowest BCUT2D eigenvalue weighted by atomic mass is 10.2. The van der Waals surface area contributed by atoms with E-state index in [2.05, 4.69) is 0 Å². The molecule has 13 heavy (non-hydrogen) atoms. The first-order valence-corrected chi connectivity index (χ1v) is 4.81. The summed E-state index contributed by atoms with van der Waals surface area (Å²) in [4.78, 5) is 0. The van der Waals surface area contributed by atoms with Crippen LogP contribution in [0.15, 0.2) is 18.2 Å². The molecule has 0 saturated heterocycles. The average molecular weight is 240 g/mol. The Morgan fingerprint density at radius 1 is 1.31 bits per heavy atom. The summed E-state index contributed by atoms with van der Waals surface area (Å²) in [6.45, 7) is 0. The van der Waals surface area contributed by atoms with Gasteiger partial charge >= 0.3 is 0 Å². The highest BCUT2D eigenvalue weighted by atomic mass is 35.5. The number of benzene rings is 1. The quantitative estimate of drug-likeness (QED) is 0.530. The van der Waals surface area contributed by atoms with Gasteiger partial charge in [-0.15, -0.1) is 11.6 Å². The second kappa shape index (κ2) is 4.85. The molecule has 0 unspecified atom stereocenters. The Kier molecular flexibility index (Phi) is 4.04. The van der Waals surface area contributed by atoms with Gasteiger partial charge in [0.05, 0.1) is 10.0 Å². The van der Waals surface area contributed by atoms with Crippen LogP contribution in [0, 0.1) is 5.82 Å². The van der Waals surface area contributed by atoms with E-state index in [4.69, 9.17) is 34.8 Å². The summed E-state index contributed by atoms with van der Waals surface area (Å²) >= 11 is 16.6. The first-order chi connectivity index (χ1) is 6.15. The van der Waals surface area contributed by atoms with Crippen LogP contribution in [-0.4, -0.2) is 5.88 Å². The smallest absolute Gasteiger partial charge is 0.143 e. The molecule has 0 aliphatic heterocycles. The van der Waals surface area contributed by atoms with Crippen LogP contribution in [0.5, 0.6) is 0 Å². The van der Waals surface area contributed by atoms with Crippen molar-refractivity contribution in [3.05, 3.63) is 39.6 Å². The summed E-state index contributed by atoms with van der Waals surface area (Å²) in [5, 5.41) is 0.153. The molecule has 0 amide bonds. The monoisotopic (exact) mass is 238 g/mol. The van der Waals surface area contributed by atoms with Crippen molar-refractivity contribution in [3.63, 3.8) is 0 Å². The molecule has 1 rings (SSSR count). The second-order valence-electron chi connectivity index (χ2n) is 2.36. The molecule has 0 nitrogen and oxygen atoms in total. The molecule has 0 bridgehead atoms. The summed E-state index contributed by atoms with van der Waals surface area (Å²) in [6, 6.07) is 2.88. The van der Waals surface area contributed by atoms with Gasteiger partial charge < -0.3 is 0 Å². The number of hydrogen-bond donors (Lipinski definition) is 0. The molecular weight excluding hydrogens is 233 g/mol. The van der Waals surface area contributed by atoms with Crippen LogP contribution in [0.2, 0.25) is 10.0 Å². The first kappa shape index (κ1) is 10.8. The minimum atomic E-state index is -0.525. The van der Waals surface area contributed by atoms with Crippen LogP contribution >= 0.6 is 34.8 Å². The third-order valence-electron chi connectivity index (χ3n) is 1.41. The largest absolute Gasteiger partial charge is 0.205 e. The zero-order valence-electron chi connectivity index (χ0n) is 6.53. The first-order valence-electron chi connectivity index (χ1n) is 3.52. The van der Waals surface area contributed by atoms with E-state index in [0.29, 0.717) is 11.4 Å². The van der Waals surface area contributed by atoms with Crippen molar-refractivity contribution in [2.75, 3.05) is 5.88 Å². The number of rotatable bonds is 2. The topological polar surface area (TPSA) is 0 Å². The molecule has 0 atom stereocenters. The van der Waals surface area contributed by atoms with Crippen molar-refractivity contribution in [2.24, 2.45) is 0 Å². The highest BCUT2D eigenvalue weighted by molar-refractivity contribution is 6.42. The van der Waals surface area contributed by atoms with E-state index >= 15 is 0 Å². The highest BCUT2D eigenvalue weighted by Gasteiger charge is 2.05. The van der Waals surface area contributed by atoms with E-state index in [1.54, 1.807) is 18.2 Å². The summed E-state index contributed by atoms with van der Waals surface area (Å²) in [5.41, 5.74) is 0.646. The SMILES string of the molecule is Fc1cc(C=CCCl)cc(Cl)c1Cl. The molecular formula is C9H6Cl3F. The third kappa shape index (κ3) is 2.87. The van der Waals surface area contributed by atoms with Gasteiger partial charge in [0.25, 0.3) is 0 Å². The zero-order chi connectivity index (χ0) is 9.84. The van der Waals surface area contributed by atoms with E-state index in [9.17, 15) is 4.39 Å². The van der Waals surface area contributed by atoms with Gasteiger partial charge in [0.1, 0.15) is 5.82 Å². The number of halogens is 4. The molecule has 0 N–H and O–H groups in total. The summed E-state index contributed by atoms with van der Waals surface area (Å²) in [6.07, 6.45) is 3.37. The molecule has 0 heterocycles. The Balaban J connectivity index is 3.06. The molecule has 0 aromatic heterocycles. The molecule has 0 aliphatic rings. The van der Waals surface area contributed by atoms with Gasteiger partial charge in [-0.25, -0.2) is 4.39 Å². The van der Waals surface area contributed by atoms with E-state index in [1.165, 1.54) is 6.07 Å². The van der Waals surface area contributed by atoms with Crippen LogP contribution in [-0.2, 0) is 0 Å².